The number of Topliss-reactive ketones (excluding diaryl/α,β-unsaturated/α-hetero) is 1. The molecule has 4 aliphatic heterocycles. The van der Waals surface area contributed by atoms with Crippen LogP contribution >= 0.6 is 0 Å². The number of esters is 1. The van der Waals surface area contributed by atoms with Crippen LogP contribution in [-0.2, 0) is 23.8 Å². The van der Waals surface area contributed by atoms with Crippen molar-refractivity contribution >= 4 is 11.8 Å². The molecule has 7 aliphatic rings. The summed E-state index contributed by atoms with van der Waals surface area (Å²) in [6.07, 6.45) is 10.7. The van der Waals surface area contributed by atoms with Gasteiger partial charge in [0.25, 0.3) is 0 Å². The molecule has 53 heavy (non-hydrogen) atoms. The molecule has 7 rings (SSSR count). The van der Waals surface area contributed by atoms with Crippen LogP contribution in [0.1, 0.15) is 91.4 Å². The molecular formula is C41H67N4O8+. The number of hydrogen-bond acceptors (Lipinski definition) is 11. The Morgan fingerprint density at radius 3 is 2.58 bits per heavy atom. The number of piperidine rings is 2. The van der Waals surface area contributed by atoms with Crippen LogP contribution in [0.5, 0.6) is 0 Å². The molecule has 14 unspecified atom stereocenters. The molecule has 0 bridgehead atoms. The lowest BCUT2D eigenvalue weighted by atomic mass is 9.51. The summed E-state index contributed by atoms with van der Waals surface area (Å²) in [5.74, 6) is -1.04. The highest BCUT2D eigenvalue weighted by molar-refractivity contribution is 5.87. The molecule has 298 valence electrons. The Bertz CT molecular complexity index is 1370. The van der Waals surface area contributed by atoms with E-state index in [1.165, 1.54) is 0 Å². The zero-order chi connectivity index (χ0) is 37.6. The number of carbonyl (C=O) groups is 2. The van der Waals surface area contributed by atoms with E-state index in [0.717, 1.165) is 58.0 Å². The van der Waals surface area contributed by atoms with Gasteiger partial charge >= 0.3 is 5.97 Å². The van der Waals surface area contributed by atoms with Crippen molar-refractivity contribution in [1.82, 2.24) is 5.32 Å². The lowest BCUT2D eigenvalue weighted by Gasteiger charge is -2.62. The van der Waals surface area contributed by atoms with Crippen molar-refractivity contribution in [2.75, 3.05) is 19.7 Å². The van der Waals surface area contributed by atoms with E-state index in [1.54, 1.807) is 13.0 Å². The molecule has 18 atom stereocenters. The summed E-state index contributed by atoms with van der Waals surface area (Å²) in [6.45, 7) is 7.07. The summed E-state index contributed by atoms with van der Waals surface area (Å²) in [6, 6.07) is 0. The molecule has 2 saturated carbocycles. The van der Waals surface area contributed by atoms with E-state index >= 15 is 0 Å². The quantitative estimate of drug-likeness (QED) is 0.107. The van der Waals surface area contributed by atoms with Gasteiger partial charge in [-0.3, -0.25) is 10.5 Å². The van der Waals surface area contributed by atoms with E-state index in [1.807, 2.05) is 6.92 Å². The van der Waals surface area contributed by atoms with Gasteiger partial charge in [-0.15, -0.1) is 0 Å². The fraction of sp³-hybridized carbons (Fsp3) is 0.854. The van der Waals surface area contributed by atoms with Crippen LogP contribution in [-0.4, -0.2) is 101 Å². The first-order chi connectivity index (χ1) is 25.4. The molecule has 3 aliphatic carbocycles. The second kappa shape index (κ2) is 16.4. The van der Waals surface area contributed by atoms with E-state index in [4.69, 9.17) is 25.7 Å². The standard InChI is InChI=1S/C41H66N4O8/c1-4-21(2)40(50)52-31-18-29-36(49)34-30(48)17-25(20-46)51-38(34)35(37(29)53-41(31,3)14-12-22-8-11-32(42)45-19-22)33-26(23-6-5-7-24(47)16-23)9-10-28-27(33)13-15-44-39(28)43/h4,9-10,22-29,31-39,44-47,49H,5-8,11-20,42-43H2,1-3H3/p+1/t22?,23?,24?,25?,26-,27?,28?,29?,31-,32?,33+,34?,35?,36?,37?,38?,39?,41-/m0/s1. The monoisotopic (exact) mass is 743 g/mol. The largest absolute Gasteiger partial charge is 0.456 e. The molecule has 10 N–H and O–H groups in total. The molecule has 4 saturated heterocycles. The summed E-state index contributed by atoms with van der Waals surface area (Å²) in [5.41, 5.74) is 12.6. The normalized spacial score (nSPS) is 49.0. The SMILES string of the molecule is CC=C(C)C(=O)O[C@H]1CC2C(O)C3C(=O)CC(CO)OC3C([C@H]3C4CCNC(N)C4C=C[C@H]3C3CCCC(O)C3)C2O[C@@]1(C)CCC1CCC(N)[NH2+]C1. The van der Waals surface area contributed by atoms with Crippen molar-refractivity contribution < 1.29 is 44.4 Å². The number of nitrogens with one attached hydrogen (secondary N) is 1. The molecule has 12 nitrogen and oxygen atoms in total. The zero-order valence-corrected chi connectivity index (χ0v) is 32.1. The maximum absolute atomic E-state index is 14.1. The number of aliphatic hydroxyl groups excluding tert-OH is 3. The van der Waals surface area contributed by atoms with Gasteiger partial charge in [0.15, 0.2) is 0 Å². The highest BCUT2D eigenvalue weighted by Gasteiger charge is 2.65. The summed E-state index contributed by atoms with van der Waals surface area (Å²) in [4.78, 5) is 27.6. The highest BCUT2D eigenvalue weighted by atomic mass is 16.6. The van der Waals surface area contributed by atoms with E-state index in [0.29, 0.717) is 30.8 Å². The topological polar surface area (TPSA) is 203 Å². The van der Waals surface area contributed by atoms with Crippen LogP contribution in [0.4, 0.5) is 0 Å². The van der Waals surface area contributed by atoms with Crippen LogP contribution < -0.4 is 22.1 Å². The van der Waals surface area contributed by atoms with Crippen LogP contribution in [0.25, 0.3) is 0 Å². The van der Waals surface area contributed by atoms with Crippen molar-refractivity contribution in [3.05, 3.63) is 23.8 Å². The second-order valence-corrected chi connectivity index (χ2v) is 18.1. The Hall–Kier alpha value is -1.74. The second-order valence-electron chi connectivity index (χ2n) is 18.1. The van der Waals surface area contributed by atoms with Gasteiger partial charge in [-0.25, -0.2) is 4.79 Å². The number of allylic oxidation sites excluding steroid dienone is 2. The van der Waals surface area contributed by atoms with Gasteiger partial charge < -0.3 is 45.9 Å². The highest BCUT2D eigenvalue weighted by Crippen LogP contribution is 2.58. The Kier molecular flexibility index (Phi) is 12.2. The predicted molar refractivity (Wildman–Crippen MR) is 197 cm³/mol. The zero-order valence-electron chi connectivity index (χ0n) is 32.1. The smallest absolute Gasteiger partial charge is 0.333 e. The third-order valence-electron chi connectivity index (χ3n) is 14.9. The molecule has 0 spiro atoms. The number of ether oxygens (including phenoxy) is 3. The van der Waals surface area contributed by atoms with Crippen molar-refractivity contribution in [3.8, 4) is 0 Å². The van der Waals surface area contributed by atoms with Crippen LogP contribution in [0, 0.1) is 53.3 Å². The first-order valence-corrected chi connectivity index (χ1v) is 20.9. The Balaban J connectivity index is 1.31. The van der Waals surface area contributed by atoms with Gasteiger partial charge in [0.1, 0.15) is 23.7 Å². The van der Waals surface area contributed by atoms with Crippen LogP contribution in [0.2, 0.25) is 0 Å². The van der Waals surface area contributed by atoms with Gasteiger partial charge in [0, 0.05) is 42.1 Å². The molecular weight excluding hydrogens is 676 g/mol. The Labute approximate surface area is 315 Å². The van der Waals surface area contributed by atoms with Crippen molar-refractivity contribution in [2.45, 2.75) is 146 Å². The predicted octanol–water partition coefficient (Wildman–Crippen LogP) is 1.26. The lowest BCUT2D eigenvalue weighted by molar-refractivity contribution is -0.703. The van der Waals surface area contributed by atoms with Crippen LogP contribution in [0.15, 0.2) is 23.8 Å². The van der Waals surface area contributed by atoms with E-state index in [9.17, 15) is 24.9 Å². The van der Waals surface area contributed by atoms with Crippen LogP contribution in [0.3, 0.4) is 0 Å². The fourth-order valence-corrected chi connectivity index (χ4v) is 11.9. The molecule has 0 aromatic heterocycles. The lowest BCUT2D eigenvalue weighted by Crippen LogP contribution is -2.95. The fourth-order valence-electron chi connectivity index (χ4n) is 11.9. The molecule has 0 amide bonds. The molecule has 0 aromatic rings. The Morgan fingerprint density at radius 2 is 1.87 bits per heavy atom. The maximum Gasteiger partial charge on any atom is 0.333 e. The minimum atomic E-state index is -1.06. The number of ketones is 1. The van der Waals surface area contributed by atoms with Gasteiger partial charge in [0.2, 0.25) is 0 Å². The third-order valence-corrected chi connectivity index (χ3v) is 14.9. The van der Waals surface area contributed by atoms with Crippen molar-refractivity contribution in [2.24, 2.45) is 64.7 Å². The molecule has 6 fully saturated rings. The van der Waals surface area contributed by atoms with Gasteiger partial charge in [0.05, 0.1) is 55.8 Å². The first-order valence-electron chi connectivity index (χ1n) is 20.9. The number of aliphatic hydroxyl groups is 3. The maximum atomic E-state index is 14.1. The third kappa shape index (κ3) is 7.83. The average Bonchev–Trinajstić information content (AvgIpc) is 3.14. The number of quaternary nitrogens is 1. The first kappa shape index (κ1) is 39.5. The number of hydrogen-bond donors (Lipinski definition) is 7. The van der Waals surface area contributed by atoms with Gasteiger partial charge in [-0.2, -0.15) is 0 Å². The van der Waals surface area contributed by atoms with E-state index < -0.39 is 53.9 Å². The minimum absolute atomic E-state index is 0.00533. The number of fused-ring (bicyclic) bond motifs is 3. The molecule has 0 aromatic carbocycles. The summed E-state index contributed by atoms with van der Waals surface area (Å²) >= 11 is 0. The number of rotatable bonds is 8. The summed E-state index contributed by atoms with van der Waals surface area (Å²) in [7, 11) is 0. The Morgan fingerprint density at radius 1 is 1.08 bits per heavy atom. The average molecular weight is 744 g/mol. The number of carbonyl (C=O) groups excluding carboxylic acids is 2. The van der Waals surface area contributed by atoms with Crippen molar-refractivity contribution in [3.63, 3.8) is 0 Å². The molecule has 12 heteroatoms. The van der Waals surface area contributed by atoms with Crippen molar-refractivity contribution in [1.29, 1.82) is 0 Å². The molecule has 4 heterocycles. The van der Waals surface area contributed by atoms with Gasteiger partial charge in [-0.05, 0) is 102 Å². The van der Waals surface area contributed by atoms with E-state index in [-0.39, 0.29) is 72.8 Å². The molecule has 0 radical (unpaired) electrons. The minimum Gasteiger partial charge on any atom is -0.456 e. The summed E-state index contributed by atoms with van der Waals surface area (Å²) < 4.78 is 20.6. The summed E-state index contributed by atoms with van der Waals surface area (Å²) in [5, 5.41) is 39.3. The van der Waals surface area contributed by atoms with Gasteiger partial charge in [-0.1, -0.05) is 24.6 Å². The number of nitrogens with two attached hydrogens (primary N) is 3. The van der Waals surface area contributed by atoms with E-state index in [2.05, 4.69) is 29.7 Å².